The molecule has 3 heteroatoms. The van der Waals surface area contributed by atoms with Crippen molar-refractivity contribution < 1.29 is 0 Å². The average molecular weight is 612 g/mol. The van der Waals surface area contributed by atoms with Gasteiger partial charge in [0.1, 0.15) is 0 Å². The van der Waals surface area contributed by atoms with Gasteiger partial charge in [-0.05, 0) is 66.7 Å². The van der Waals surface area contributed by atoms with E-state index in [1.54, 1.807) is 0 Å². The third-order valence-corrected chi connectivity index (χ3v) is 9.12. The first-order chi connectivity index (χ1) is 23.8. The zero-order chi connectivity index (χ0) is 31.9. The number of benzene rings is 8. The van der Waals surface area contributed by atoms with Gasteiger partial charge in [0.15, 0.2) is 17.5 Å². The maximum absolute atomic E-state index is 4.90. The minimum Gasteiger partial charge on any atom is -0.208 e. The van der Waals surface area contributed by atoms with Crippen LogP contribution in [0, 0.1) is 0 Å². The predicted molar refractivity (Wildman–Crippen MR) is 200 cm³/mol. The lowest BCUT2D eigenvalue weighted by Crippen LogP contribution is -2.00. The molecule has 224 valence electrons. The predicted octanol–water partition coefficient (Wildman–Crippen LogP) is 11.7. The van der Waals surface area contributed by atoms with Gasteiger partial charge in [-0.25, -0.2) is 15.0 Å². The second-order valence-electron chi connectivity index (χ2n) is 12.0. The first-order valence-corrected chi connectivity index (χ1v) is 16.2. The first-order valence-electron chi connectivity index (χ1n) is 16.2. The SMILES string of the molecule is c1ccc(-c2nc(-c3ccccc3)nc(-c3ccc(-c4cccc(-c5ccc6c7ccccc7c7ccccc7c6c5)c4)cc3)n2)cc1. The van der Waals surface area contributed by atoms with Crippen LogP contribution < -0.4 is 0 Å². The monoisotopic (exact) mass is 611 g/mol. The first kappa shape index (κ1) is 27.8. The van der Waals surface area contributed by atoms with Gasteiger partial charge >= 0.3 is 0 Å². The van der Waals surface area contributed by atoms with Gasteiger partial charge in [-0.3, -0.25) is 0 Å². The standard InChI is InChI=1S/C45H29N3/c1-3-12-31(13-4-1)43-46-44(32-14-5-2-6-15-32)48-45(47-43)33-24-22-30(23-25-33)34-16-11-17-35(28-34)36-26-27-41-39-20-8-7-18-37(39)38-19-9-10-21-40(38)42(41)29-36/h1-29H. The van der Waals surface area contributed by atoms with Crippen molar-refractivity contribution in [2.45, 2.75) is 0 Å². The van der Waals surface area contributed by atoms with Gasteiger partial charge < -0.3 is 0 Å². The van der Waals surface area contributed by atoms with Crippen LogP contribution in [0.15, 0.2) is 176 Å². The number of hydrogen-bond acceptors (Lipinski definition) is 3. The molecule has 1 heterocycles. The molecule has 0 aliphatic heterocycles. The fourth-order valence-electron chi connectivity index (χ4n) is 6.71. The molecule has 1 aromatic heterocycles. The number of fused-ring (bicyclic) bond motifs is 6. The van der Waals surface area contributed by atoms with Crippen molar-refractivity contribution in [3.05, 3.63) is 176 Å². The van der Waals surface area contributed by atoms with Crippen LogP contribution in [-0.4, -0.2) is 15.0 Å². The molecule has 0 aliphatic carbocycles. The summed E-state index contributed by atoms with van der Waals surface area (Å²) in [6, 6.07) is 61.8. The van der Waals surface area contributed by atoms with Crippen molar-refractivity contribution in [1.29, 1.82) is 0 Å². The van der Waals surface area contributed by atoms with Crippen molar-refractivity contribution in [2.75, 3.05) is 0 Å². The van der Waals surface area contributed by atoms with E-state index in [1.165, 1.54) is 43.4 Å². The molecule has 0 radical (unpaired) electrons. The molecule has 0 saturated heterocycles. The highest BCUT2D eigenvalue weighted by molar-refractivity contribution is 6.25. The lowest BCUT2D eigenvalue weighted by molar-refractivity contribution is 1.07. The van der Waals surface area contributed by atoms with Gasteiger partial charge in [-0.1, -0.05) is 164 Å². The lowest BCUT2D eigenvalue weighted by Gasteiger charge is -2.13. The van der Waals surface area contributed by atoms with E-state index in [4.69, 9.17) is 15.0 Å². The Bertz CT molecular complexity index is 2500. The van der Waals surface area contributed by atoms with Crippen molar-refractivity contribution in [1.82, 2.24) is 15.0 Å². The van der Waals surface area contributed by atoms with E-state index in [2.05, 4.69) is 115 Å². The number of hydrogen-bond donors (Lipinski definition) is 0. The van der Waals surface area contributed by atoms with E-state index < -0.39 is 0 Å². The topological polar surface area (TPSA) is 38.7 Å². The van der Waals surface area contributed by atoms with E-state index in [9.17, 15) is 0 Å². The summed E-state index contributed by atoms with van der Waals surface area (Å²) < 4.78 is 0. The molecule has 0 unspecified atom stereocenters. The molecule has 0 bridgehead atoms. The van der Waals surface area contributed by atoms with E-state index in [0.717, 1.165) is 27.8 Å². The van der Waals surface area contributed by atoms with E-state index in [0.29, 0.717) is 17.5 Å². The van der Waals surface area contributed by atoms with Crippen molar-refractivity contribution in [3.63, 3.8) is 0 Å². The zero-order valence-electron chi connectivity index (χ0n) is 26.1. The van der Waals surface area contributed by atoms with Crippen molar-refractivity contribution >= 4 is 32.3 Å². The summed E-state index contributed by atoms with van der Waals surface area (Å²) in [7, 11) is 0. The van der Waals surface area contributed by atoms with Gasteiger partial charge in [0.2, 0.25) is 0 Å². The highest BCUT2D eigenvalue weighted by atomic mass is 15.0. The minimum atomic E-state index is 0.652. The summed E-state index contributed by atoms with van der Waals surface area (Å²) in [5.41, 5.74) is 7.55. The smallest absolute Gasteiger partial charge is 0.164 e. The normalized spacial score (nSPS) is 11.3. The molecule has 0 saturated carbocycles. The van der Waals surface area contributed by atoms with E-state index >= 15 is 0 Å². The molecule has 3 nitrogen and oxygen atoms in total. The van der Waals surface area contributed by atoms with Crippen LogP contribution in [0.4, 0.5) is 0 Å². The summed E-state index contributed by atoms with van der Waals surface area (Å²) >= 11 is 0. The fourth-order valence-corrected chi connectivity index (χ4v) is 6.71. The summed E-state index contributed by atoms with van der Waals surface area (Å²) in [6.45, 7) is 0. The van der Waals surface area contributed by atoms with Crippen LogP contribution in [0.25, 0.3) is 88.7 Å². The number of nitrogens with zero attached hydrogens (tertiary/aromatic N) is 3. The summed E-state index contributed by atoms with van der Waals surface area (Å²) in [5.74, 6) is 1.97. The Labute approximate surface area is 278 Å². The Hall–Kier alpha value is -6.45. The lowest BCUT2D eigenvalue weighted by atomic mass is 9.91. The van der Waals surface area contributed by atoms with Crippen LogP contribution >= 0.6 is 0 Å². The Morgan fingerprint density at radius 1 is 0.208 bits per heavy atom. The van der Waals surface area contributed by atoms with Gasteiger partial charge in [0, 0.05) is 16.7 Å². The molecule has 0 amide bonds. The summed E-state index contributed by atoms with van der Waals surface area (Å²) in [4.78, 5) is 14.6. The molecule has 9 aromatic rings. The van der Waals surface area contributed by atoms with E-state index in [-0.39, 0.29) is 0 Å². The van der Waals surface area contributed by atoms with Crippen LogP contribution in [0.3, 0.4) is 0 Å². The zero-order valence-corrected chi connectivity index (χ0v) is 26.1. The quantitative estimate of drug-likeness (QED) is 0.182. The molecule has 48 heavy (non-hydrogen) atoms. The maximum Gasteiger partial charge on any atom is 0.164 e. The largest absolute Gasteiger partial charge is 0.208 e. The van der Waals surface area contributed by atoms with Gasteiger partial charge in [-0.2, -0.15) is 0 Å². The highest BCUT2D eigenvalue weighted by Gasteiger charge is 2.13. The molecule has 8 aromatic carbocycles. The Balaban J connectivity index is 1.09. The van der Waals surface area contributed by atoms with Crippen LogP contribution in [0.2, 0.25) is 0 Å². The molecule has 0 aliphatic rings. The van der Waals surface area contributed by atoms with Crippen LogP contribution in [0.5, 0.6) is 0 Å². The average Bonchev–Trinajstić information content (AvgIpc) is 3.18. The molecular formula is C45H29N3. The molecule has 0 fully saturated rings. The minimum absolute atomic E-state index is 0.652. The second-order valence-corrected chi connectivity index (χ2v) is 12.0. The molecule has 9 rings (SSSR count). The van der Waals surface area contributed by atoms with Crippen LogP contribution in [0.1, 0.15) is 0 Å². The van der Waals surface area contributed by atoms with Gasteiger partial charge in [-0.15, -0.1) is 0 Å². The highest BCUT2D eigenvalue weighted by Crippen LogP contribution is 2.38. The van der Waals surface area contributed by atoms with Crippen molar-refractivity contribution in [2.24, 2.45) is 0 Å². The van der Waals surface area contributed by atoms with Crippen LogP contribution in [-0.2, 0) is 0 Å². The molecule has 0 N–H and O–H groups in total. The third-order valence-electron chi connectivity index (χ3n) is 9.12. The molecular weight excluding hydrogens is 583 g/mol. The third kappa shape index (κ3) is 4.99. The summed E-state index contributed by atoms with van der Waals surface area (Å²) in [5, 5.41) is 7.71. The second kappa shape index (κ2) is 11.7. The van der Waals surface area contributed by atoms with Gasteiger partial charge in [0.05, 0.1) is 0 Å². The molecule has 0 spiro atoms. The maximum atomic E-state index is 4.90. The fraction of sp³-hybridized carbons (Fsp3) is 0. The van der Waals surface area contributed by atoms with E-state index in [1.807, 2.05) is 60.7 Å². The Morgan fingerprint density at radius 2 is 0.542 bits per heavy atom. The molecule has 0 atom stereocenters. The van der Waals surface area contributed by atoms with Crippen molar-refractivity contribution in [3.8, 4) is 56.4 Å². The number of rotatable bonds is 5. The Morgan fingerprint density at radius 3 is 1.06 bits per heavy atom. The summed E-state index contributed by atoms with van der Waals surface area (Å²) in [6.07, 6.45) is 0. The van der Waals surface area contributed by atoms with Gasteiger partial charge in [0.25, 0.3) is 0 Å². The number of aromatic nitrogens is 3. The Kier molecular flexibility index (Phi) is 6.80.